The summed E-state index contributed by atoms with van der Waals surface area (Å²) in [5, 5.41) is 3.21. The largest absolute Gasteiger partial charge is 0.405 e. The third kappa shape index (κ3) is 3.95. The molecule has 116 valence electrons. The van der Waals surface area contributed by atoms with E-state index in [1.54, 1.807) is 0 Å². The zero-order valence-electron chi connectivity index (χ0n) is 13.8. The minimum Gasteiger partial charge on any atom is -0.405 e. The standard InChI is InChI=1S/C17H27NO2Si/c1-17(2,3)21(4,5)20-15-12-14(18-16(15)19)11-13-9-7-6-8-10-13/h6-10,14-15H,11-12H2,1-5H3,(H,18,19)/t14?,15-/m0/s1. The lowest BCUT2D eigenvalue weighted by molar-refractivity contribution is -0.125. The van der Waals surface area contributed by atoms with Crippen molar-refractivity contribution in [1.29, 1.82) is 0 Å². The first kappa shape index (κ1) is 16.2. The Morgan fingerprint density at radius 3 is 2.43 bits per heavy atom. The Morgan fingerprint density at radius 1 is 1.24 bits per heavy atom. The van der Waals surface area contributed by atoms with Crippen molar-refractivity contribution in [3.63, 3.8) is 0 Å². The summed E-state index contributed by atoms with van der Waals surface area (Å²) in [5.74, 6) is 0.0563. The van der Waals surface area contributed by atoms with E-state index in [0.29, 0.717) is 0 Å². The van der Waals surface area contributed by atoms with E-state index < -0.39 is 8.32 Å². The molecule has 0 aliphatic carbocycles. The molecule has 1 amide bonds. The quantitative estimate of drug-likeness (QED) is 0.865. The summed E-state index contributed by atoms with van der Waals surface area (Å²) in [6.07, 6.45) is 1.38. The Morgan fingerprint density at radius 2 is 1.86 bits per heavy atom. The maximum absolute atomic E-state index is 12.2. The lowest BCUT2D eigenvalue weighted by Gasteiger charge is -2.37. The van der Waals surface area contributed by atoms with Gasteiger partial charge >= 0.3 is 0 Å². The average Bonchev–Trinajstić information content (AvgIpc) is 2.69. The molecule has 1 saturated heterocycles. The molecule has 1 unspecified atom stereocenters. The summed E-state index contributed by atoms with van der Waals surface area (Å²) in [6, 6.07) is 10.5. The van der Waals surface area contributed by atoms with Crippen molar-refractivity contribution >= 4 is 14.2 Å². The number of hydrogen-bond acceptors (Lipinski definition) is 2. The van der Waals surface area contributed by atoms with Crippen LogP contribution in [-0.4, -0.2) is 26.4 Å². The summed E-state index contributed by atoms with van der Waals surface area (Å²) >= 11 is 0. The molecule has 1 heterocycles. The summed E-state index contributed by atoms with van der Waals surface area (Å²) in [7, 11) is -1.89. The molecule has 2 rings (SSSR count). The SMILES string of the molecule is CC(C)(C)[Si](C)(C)O[C@H]1CC(Cc2ccccc2)NC1=O. The van der Waals surface area contributed by atoms with E-state index in [-0.39, 0.29) is 23.1 Å². The van der Waals surface area contributed by atoms with Crippen molar-refractivity contribution < 1.29 is 9.22 Å². The van der Waals surface area contributed by atoms with Gasteiger partial charge in [0.15, 0.2) is 8.32 Å². The van der Waals surface area contributed by atoms with Gasteiger partial charge in [-0.2, -0.15) is 0 Å². The van der Waals surface area contributed by atoms with Crippen LogP contribution in [0.5, 0.6) is 0 Å². The fraction of sp³-hybridized carbons (Fsp3) is 0.588. The van der Waals surface area contributed by atoms with E-state index in [2.05, 4.69) is 51.3 Å². The Labute approximate surface area is 129 Å². The molecule has 0 saturated carbocycles. The number of nitrogens with one attached hydrogen (secondary N) is 1. The van der Waals surface area contributed by atoms with Crippen molar-refractivity contribution in [1.82, 2.24) is 5.32 Å². The number of rotatable bonds is 4. The van der Waals surface area contributed by atoms with Crippen LogP contribution in [0.25, 0.3) is 0 Å². The Balaban J connectivity index is 1.97. The molecule has 1 aromatic rings. The number of amides is 1. The van der Waals surface area contributed by atoms with Crippen LogP contribution in [0.15, 0.2) is 30.3 Å². The predicted molar refractivity (Wildman–Crippen MR) is 88.8 cm³/mol. The van der Waals surface area contributed by atoms with Crippen LogP contribution in [0.4, 0.5) is 0 Å². The van der Waals surface area contributed by atoms with E-state index in [0.717, 1.165) is 12.8 Å². The molecule has 3 nitrogen and oxygen atoms in total. The van der Waals surface area contributed by atoms with Crippen LogP contribution in [0.3, 0.4) is 0 Å². The zero-order valence-corrected chi connectivity index (χ0v) is 14.8. The van der Waals surface area contributed by atoms with Gasteiger partial charge < -0.3 is 9.74 Å². The number of benzene rings is 1. The molecular weight excluding hydrogens is 278 g/mol. The topological polar surface area (TPSA) is 38.3 Å². The minimum absolute atomic E-state index is 0.0563. The summed E-state index contributed by atoms with van der Waals surface area (Å²) < 4.78 is 6.27. The van der Waals surface area contributed by atoms with Gasteiger partial charge in [-0.1, -0.05) is 51.1 Å². The fourth-order valence-corrected chi connectivity index (χ4v) is 3.65. The highest BCUT2D eigenvalue weighted by Gasteiger charge is 2.43. The zero-order chi connectivity index (χ0) is 15.7. The molecule has 1 aliphatic rings. The van der Waals surface area contributed by atoms with Crippen LogP contribution >= 0.6 is 0 Å². The average molecular weight is 305 g/mol. The van der Waals surface area contributed by atoms with Crippen LogP contribution in [-0.2, 0) is 15.6 Å². The van der Waals surface area contributed by atoms with Gasteiger partial charge in [-0.3, -0.25) is 4.79 Å². The molecule has 1 fully saturated rings. The van der Waals surface area contributed by atoms with Crippen LogP contribution in [0.1, 0.15) is 32.8 Å². The first-order valence-corrected chi connectivity index (χ1v) is 10.6. The van der Waals surface area contributed by atoms with Crippen LogP contribution < -0.4 is 5.32 Å². The summed E-state index contributed by atoms with van der Waals surface area (Å²) in [5.41, 5.74) is 1.26. The van der Waals surface area contributed by atoms with Gasteiger partial charge in [0.25, 0.3) is 0 Å². The maximum atomic E-state index is 12.2. The minimum atomic E-state index is -1.89. The first-order valence-electron chi connectivity index (χ1n) is 7.71. The van der Waals surface area contributed by atoms with E-state index in [1.165, 1.54) is 5.56 Å². The third-order valence-electron chi connectivity index (χ3n) is 4.71. The molecule has 2 atom stereocenters. The van der Waals surface area contributed by atoms with Gasteiger partial charge in [0.2, 0.25) is 5.91 Å². The smallest absolute Gasteiger partial charge is 0.248 e. The van der Waals surface area contributed by atoms with Gasteiger partial charge in [-0.05, 0) is 30.1 Å². The molecule has 1 aromatic carbocycles. The highest BCUT2D eigenvalue weighted by molar-refractivity contribution is 6.74. The molecule has 0 radical (unpaired) electrons. The second kappa shape index (κ2) is 5.93. The molecule has 0 aromatic heterocycles. The van der Waals surface area contributed by atoms with Crippen molar-refractivity contribution in [2.24, 2.45) is 0 Å². The monoisotopic (exact) mass is 305 g/mol. The lowest BCUT2D eigenvalue weighted by atomic mass is 10.0. The highest BCUT2D eigenvalue weighted by Crippen LogP contribution is 2.38. The predicted octanol–water partition coefficient (Wildman–Crippen LogP) is 3.51. The number of carbonyl (C=O) groups excluding carboxylic acids is 1. The molecular formula is C17H27NO2Si. The normalized spacial score (nSPS) is 23.2. The Bertz CT molecular complexity index is 493. The van der Waals surface area contributed by atoms with Gasteiger partial charge in [0, 0.05) is 12.5 Å². The first-order chi connectivity index (χ1) is 9.69. The Hall–Kier alpha value is -1.13. The van der Waals surface area contributed by atoms with Gasteiger partial charge in [0.05, 0.1) is 0 Å². The highest BCUT2D eigenvalue weighted by atomic mass is 28.4. The molecule has 1 N–H and O–H groups in total. The van der Waals surface area contributed by atoms with Crippen molar-refractivity contribution in [2.45, 2.75) is 63.9 Å². The summed E-state index contributed by atoms with van der Waals surface area (Å²) in [6.45, 7) is 11.0. The summed E-state index contributed by atoms with van der Waals surface area (Å²) in [4.78, 5) is 12.2. The molecule has 21 heavy (non-hydrogen) atoms. The van der Waals surface area contributed by atoms with Crippen molar-refractivity contribution in [3.05, 3.63) is 35.9 Å². The van der Waals surface area contributed by atoms with E-state index >= 15 is 0 Å². The van der Waals surface area contributed by atoms with E-state index in [4.69, 9.17) is 4.43 Å². The third-order valence-corrected chi connectivity index (χ3v) is 9.19. The Kier molecular flexibility index (Phi) is 4.59. The lowest BCUT2D eigenvalue weighted by Crippen LogP contribution is -2.45. The molecule has 4 heteroatoms. The van der Waals surface area contributed by atoms with Crippen LogP contribution in [0.2, 0.25) is 18.1 Å². The maximum Gasteiger partial charge on any atom is 0.248 e. The van der Waals surface area contributed by atoms with E-state index in [1.807, 2.05) is 18.2 Å². The number of hydrogen-bond donors (Lipinski definition) is 1. The molecule has 0 spiro atoms. The number of carbonyl (C=O) groups is 1. The molecule has 0 bridgehead atoms. The van der Waals surface area contributed by atoms with Gasteiger partial charge in [-0.25, -0.2) is 0 Å². The van der Waals surface area contributed by atoms with Gasteiger partial charge in [-0.15, -0.1) is 0 Å². The second-order valence-corrected chi connectivity index (χ2v) is 12.3. The molecule has 1 aliphatic heterocycles. The van der Waals surface area contributed by atoms with E-state index in [9.17, 15) is 4.79 Å². The fourth-order valence-electron chi connectivity index (χ4n) is 2.39. The van der Waals surface area contributed by atoms with Crippen molar-refractivity contribution in [2.75, 3.05) is 0 Å². The van der Waals surface area contributed by atoms with Gasteiger partial charge in [0.1, 0.15) is 6.10 Å². The van der Waals surface area contributed by atoms with Crippen LogP contribution in [0, 0.1) is 0 Å². The van der Waals surface area contributed by atoms with Crippen molar-refractivity contribution in [3.8, 4) is 0 Å². The second-order valence-electron chi connectivity index (χ2n) is 7.50.